The first-order valence-corrected chi connectivity index (χ1v) is 8.34. The summed E-state index contributed by atoms with van der Waals surface area (Å²) in [6.45, 7) is 6.91. The minimum atomic E-state index is 0.0411. The zero-order valence-corrected chi connectivity index (χ0v) is 14.6. The highest BCUT2D eigenvalue weighted by Gasteiger charge is 2.31. The predicted octanol–water partition coefficient (Wildman–Crippen LogP) is 1.96. The molecule has 1 aliphatic heterocycles. The highest BCUT2D eigenvalue weighted by molar-refractivity contribution is 5.95. The van der Waals surface area contributed by atoms with Crippen molar-refractivity contribution in [3.8, 4) is 11.3 Å². The maximum absolute atomic E-state index is 12.8. The lowest BCUT2D eigenvalue weighted by Crippen LogP contribution is -2.38. The molecular weight excluding hydrogens is 302 g/mol. The van der Waals surface area contributed by atoms with Crippen molar-refractivity contribution in [1.29, 1.82) is 0 Å². The van der Waals surface area contributed by atoms with E-state index >= 15 is 0 Å². The number of hydrazine groups is 1. The third-order valence-corrected chi connectivity index (χ3v) is 4.78. The van der Waals surface area contributed by atoms with E-state index in [1.165, 1.54) is 0 Å². The molecule has 0 saturated carbocycles. The van der Waals surface area contributed by atoms with Gasteiger partial charge in [0.1, 0.15) is 5.82 Å². The minimum absolute atomic E-state index is 0.0411. The Balaban J connectivity index is 1.75. The Morgan fingerprint density at radius 1 is 1.25 bits per heavy atom. The summed E-state index contributed by atoms with van der Waals surface area (Å²) in [5, 5.41) is 0. The van der Waals surface area contributed by atoms with Crippen LogP contribution in [0.5, 0.6) is 0 Å². The van der Waals surface area contributed by atoms with Gasteiger partial charge in [-0.25, -0.2) is 4.98 Å². The van der Waals surface area contributed by atoms with Gasteiger partial charge in [0.2, 0.25) is 0 Å². The summed E-state index contributed by atoms with van der Waals surface area (Å²) in [6, 6.07) is 8.37. The number of hydrogen-bond acceptors (Lipinski definition) is 4. The summed E-state index contributed by atoms with van der Waals surface area (Å²) in [4.78, 5) is 22.0. The van der Waals surface area contributed by atoms with Gasteiger partial charge in [0.25, 0.3) is 5.91 Å². The van der Waals surface area contributed by atoms with Crippen LogP contribution >= 0.6 is 0 Å². The Hall–Kier alpha value is -2.18. The molecule has 1 saturated heterocycles. The zero-order valence-electron chi connectivity index (χ0n) is 14.6. The SMILES string of the molecule is Cc1ncc(-c2cccc(C(=O)N(C)CC3C(C)NNC3C)c2)[nH]1. The van der Waals surface area contributed by atoms with E-state index < -0.39 is 0 Å². The van der Waals surface area contributed by atoms with Gasteiger partial charge in [-0.05, 0) is 32.9 Å². The standard InChI is InChI=1S/C18H25N5O/c1-11-16(12(2)22-21-11)10-23(4)18(24)15-7-5-6-14(8-15)17-9-19-13(3)20-17/h5-9,11-12,16,21-22H,10H2,1-4H3,(H,19,20). The van der Waals surface area contributed by atoms with E-state index in [0.29, 0.717) is 30.1 Å². The third-order valence-electron chi connectivity index (χ3n) is 4.78. The van der Waals surface area contributed by atoms with Crippen molar-refractivity contribution in [3.05, 3.63) is 41.9 Å². The van der Waals surface area contributed by atoms with Gasteiger partial charge >= 0.3 is 0 Å². The average molecular weight is 327 g/mol. The Morgan fingerprint density at radius 3 is 2.58 bits per heavy atom. The van der Waals surface area contributed by atoms with Gasteiger partial charge in [-0.2, -0.15) is 0 Å². The second kappa shape index (κ2) is 6.75. The van der Waals surface area contributed by atoms with Crippen molar-refractivity contribution >= 4 is 5.91 Å². The molecule has 3 N–H and O–H groups in total. The molecule has 1 fully saturated rings. The smallest absolute Gasteiger partial charge is 0.253 e. The number of hydrogen-bond donors (Lipinski definition) is 3. The third kappa shape index (κ3) is 3.34. The van der Waals surface area contributed by atoms with Crippen molar-refractivity contribution in [2.24, 2.45) is 5.92 Å². The fourth-order valence-electron chi connectivity index (χ4n) is 3.23. The molecule has 128 valence electrons. The summed E-state index contributed by atoms with van der Waals surface area (Å²) in [5.74, 6) is 1.29. The van der Waals surface area contributed by atoms with Gasteiger partial charge in [0.05, 0.1) is 11.9 Å². The molecule has 2 aromatic rings. The van der Waals surface area contributed by atoms with E-state index in [0.717, 1.165) is 17.1 Å². The van der Waals surface area contributed by atoms with Crippen LogP contribution in [0.4, 0.5) is 0 Å². The number of nitrogens with zero attached hydrogens (tertiary/aromatic N) is 2. The summed E-state index contributed by atoms with van der Waals surface area (Å²) in [7, 11) is 1.87. The van der Waals surface area contributed by atoms with E-state index in [1.807, 2.05) is 43.1 Å². The Bertz CT molecular complexity index is 716. The molecule has 1 aromatic heterocycles. The number of aryl methyl sites for hydroxylation is 1. The molecule has 0 spiro atoms. The first-order chi connectivity index (χ1) is 11.5. The topological polar surface area (TPSA) is 73.1 Å². The number of amides is 1. The van der Waals surface area contributed by atoms with Crippen LogP contribution in [0.2, 0.25) is 0 Å². The molecule has 2 heterocycles. The number of benzene rings is 1. The second-order valence-corrected chi connectivity index (χ2v) is 6.68. The first kappa shape index (κ1) is 16.7. The van der Waals surface area contributed by atoms with Crippen LogP contribution < -0.4 is 10.9 Å². The summed E-state index contributed by atoms with van der Waals surface area (Å²) in [5.41, 5.74) is 9.07. The van der Waals surface area contributed by atoms with Gasteiger partial charge in [0.15, 0.2) is 0 Å². The number of aromatic amines is 1. The molecule has 0 aliphatic carbocycles. The number of carbonyl (C=O) groups excluding carboxylic acids is 1. The highest BCUT2D eigenvalue weighted by atomic mass is 16.2. The number of rotatable bonds is 4. The Morgan fingerprint density at radius 2 is 1.96 bits per heavy atom. The fraction of sp³-hybridized carbons (Fsp3) is 0.444. The molecule has 3 rings (SSSR count). The van der Waals surface area contributed by atoms with Crippen LogP contribution in [0, 0.1) is 12.8 Å². The van der Waals surface area contributed by atoms with Crippen molar-refractivity contribution in [1.82, 2.24) is 25.7 Å². The zero-order chi connectivity index (χ0) is 17.3. The van der Waals surface area contributed by atoms with Gasteiger partial charge in [-0.3, -0.25) is 15.6 Å². The van der Waals surface area contributed by atoms with Crippen LogP contribution in [0.25, 0.3) is 11.3 Å². The van der Waals surface area contributed by atoms with E-state index in [-0.39, 0.29) is 5.91 Å². The molecule has 2 unspecified atom stereocenters. The van der Waals surface area contributed by atoms with Crippen molar-refractivity contribution < 1.29 is 4.79 Å². The molecular formula is C18H25N5O. The lowest BCUT2D eigenvalue weighted by atomic mass is 9.96. The lowest BCUT2D eigenvalue weighted by Gasteiger charge is -2.25. The first-order valence-electron chi connectivity index (χ1n) is 8.34. The molecule has 24 heavy (non-hydrogen) atoms. The monoisotopic (exact) mass is 327 g/mol. The largest absolute Gasteiger partial charge is 0.342 e. The van der Waals surface area contributed by atoms with Crippen LogP contribution in [-0.4, -0.2) is 46.5 Å². The van der Waals surface area contributed by atoms with E-state index in [9.17, 15) is 4.79 Å². The average Bonchev–Trinajstić information content (AvgIpc) is 3.15. The second-order valence-electron chi connectivity index (χ2n) is 6.68. The molecule has 0 radical (unpaired) electrons. The molecule has 1 aromatic carbocycles. The lowest BCUT2D eigenvalue weighted by molar-refractivity contribution is 0.0767. The maximum atomic E-state index is 12.8. The summed E-state index contributed by atoms with van der Waals surface area (Å²) >= 11 is 0. The van der Waals surface area contributed by atoms with Gasteiger partial charge in [0, 0.05) is 42.7 Å². The molecule has 2 atom stereocenters. The minimum Gasteiger partial charge on any atom is -0.342 e. The number of imidazole rings is 1. The van der Waals surface area contributed by atoms with Gasteiger partial charge in [-0.15, -0.1) is 0 Å². The highest BCUT2D eigenvalue weighted by Crippen LogP contribution is 2.20. The summed E-state index contributed by atoms with van der Waals surface area (Å²) in [6.07, 6.45) is 1.79. The van der Waals surface area contributed by atoms with Crippen molar-refractivity contribution in [2.75, 3.05) is 13.6 Å². The number of aromatic nitrogens is 2. The normalized spacial score (nSPS) is 23.4. The van der Waals surface area contributed by atoms with E-state index in [2.05, 4.69) is 34.7 Å². The molecule has 0 bridgehead atoms. The van der Waals surface area contributed by atoms with Crippen LogP contribution in [0.15, 0.2) is 30.5 Å². The number of carbonyl (C=O) groups is 1. The Kier molecular flexibility index (Phi) is 4.69. The molecule has 6 nitrogen and oxygen atoms in total. The van der Waals surface area contributed by atoms with E-state index in [1.54, 1.807) is 6.20 Å². The fourth-order valence-corrected chi connectivity index (χ4v) is 3.23. The summed E-state index contributed by atoms with van der Waals surface area (Å²) < 4.78 is 0. The molecule has 6 heteroatoms. The predicted molar refractivity (Wildman–Crippen MR) is 94.4 cm³/mol. The van der Waals surface area contributed by atoms with Crippen molar-refractivity contribution in [3.63, 3.8) is 0 Å². The van der Waals surface area contributed by atoms with Gasteiger partial charge < -0.3 is 9.88 Å². The van der Waals surface area contributed by atoms with Crippen LogP contribution in [-0.2, 0) is 0 Å². The number of nitrogens with one attached hydrogen (secondary N) is 3. The van der Waals surface area contributed by atoms with Gasteiger partial charge in [-0.1, -0.05) is 12.1 Å². The maximum Gasteiger partial charge on any atom is 0.253 e. The molecule has 1 amide bonds. The van der Waals surface area contributed by atoms with Crippen LogP contribution in [0.1, 0.15) is 30.0 Å². The quantitative estimate of drug-likeness (QED) is 0.803. The van der Waals surface area contributed by atoms with Crippen LogP contribution in [0.3, 0.4) is 0 Å². The number of H-pyrrole nitrogens is 1. The molecule has 1 aliphatic rings. The van der Waals surface area contributed by atoms with Crippen molar-refractivity contribution in [2.45, 2.75) is 32.9 Å². The Labute approximate surface area is 142 Å². The van der Waals surface area contributed by atoms with E-state index in [4.69, 9.17) is 0 Å².